The molecule has 0 spiro atoms. The molecule has 1 rings (SSSR count). The van der Waals surface area contributed by atoms with E-state index in [2.05, 4.69) is 10.3 Å². The summed E-state index contributed by atoms with van der Waals surface area (Å²) in [6.07, 6.45) is 3.01. The lowest BCUT2D eigenvalue weighted by atomic mass is 10.0. The molecule has 2 N–H and O–H groups in total. The van der Waals surface area contributed by atoms with Crippen LogP contribution in [0.3, 0.4) is 0 Å². The first-order valence-corrected chi connectivity index (χ1v) is 5.41. The van der Waals surface area contributed by atoms with Gasteiger partial charge < -0.3 is 15.0 Å². The normalized spacial score (nSPS) is 12.5. The molecule has 1 unspecified atom stereocenters. The minimum atomic E-state index is -0.899. The molecule has 1 aromatic heterocycles. The molecule has 0 amide bonds. The van der Waals surface area contributed by atoms with Gasteiger partial charge in [0.15, 0.2) is 5.82 Å². The highest BCUT2D eigenvalue weighted by atomic mass is 16.4. The number of aryl methyl sites for hydroxylation is 1. The Balaban J connectivity index is 2.90. The molecule has 1 atom stereocenters. The van der Waals surface area contributed by atoms with Crippen LogP contribution < -0.4 is 10.9 Å². The second-order valence-corrected chi connectivity index (χ2v) is 4.28. The number of aromatic nitrogens is 2. The summed E-state index contributed by atoms with van der Waals surface area (Å²) in [4.78, 5) is 26.3. The highest BCUT2D eigenvalue weighted by molar-refractivity contribution is 5.68. The summed E-state index contributed by atoms with van der Waals surface area (Å²) >= 11 is 0. The van der Waals surface area contributed by atoms with Crippen molar-refractivity contribution in [1.82, 2.24) is 9.55 Å². The van der Waals surface area contributed by atoms with E-state index in [4.69, 9.17) is 5.11 Å². The number of carboxylic acid groups (broad SMARTS) is 1. The van der Waals surface area contributed by atoms with Gasteiger partial charge in [0, 0.05) is 25.5 Å². The SMILES string of the molecule is CC(C)C(CC(=O)O)Nc1nccn(C)c1=O. The van der Waals surface area contributed by atoms with E-state index in [9.17, 15) is 9.59 Å². The minimum absolute atomic E-state index is 0.0443. The predicted molar refractivity (Wildman–Crippen MR) is 64.0 cm³/mol. The topological polar surface area (TPSA) is 84.2 Å². The lowest BCUT2D eigenvalue weighted by Gasteiger charge is -2.20. The summed E-state index contributed by atoms with van der Waals surface area (Å²) in [7, 11) is 1.62. The van der Waals surface area contributed by atoms with Crippen molar-refractivity contribution in [3.63, 3.8) is 0 Å². The summed E-state index contributed by atoms with van der Waals surface area (Å²) in [6.45, 7) is 3.79. The smallest absolute Gasteiger partial charge is 0.305 e. The number of nitrogens with one attached hydrogen (secondary N) is 1. The molecule has 0 saturated carbocycles. The van der Waals surface area contributed by atoms with E-state index < -0.39 is 5.97 Å². The molecule has 0 aromatic carbocycles. The standard InChI is InChI=1S/C11H17N3O3/c1-7(2)8(6-9(15)16)13-10-11(17)14(3)5-4-12-10/h4-5,7-8H,6H2,1-3H3,(H,12,13)(H,15,16). The zero-order valence-corrected chi connectivity index (χ0v) is 10.2. The number of nitrogens with zero attached hydrogens (tertiary/aromatic N) is 2. The van der Waals surface area contributed by atoms with Crippen molar-refractivity contribution < 1.29 is 9.90 Å². The highest BCUT2D eigenvalue weighted by Gasteiger charge is 2.18. The van der Waals surface area contributed by atoms with Crippen LogP contribution in [0.2, 0.25) is 0 Å². The zero-order valence-electron chi connectivity index (χ0n) is 10.2. The Labute approximate surface area is 99.3 Å². The van der Waals surface area contributed by atoms with Gasteiger partial charge in [0.1, 0.15) is 0 Å². The first-order valence-electron chi connectivity index (χ1n) is 5.41. The first kappa shape index (κ1) is 13.2. The summed E-state index contributed by atoms with van der Waals surface area (Å²) in [5, 5.41) is 11.7. The Hall–Kier alpha value is -1.85. The third kappa shape index (κ3) is 3.58. The lowest BCUT2D eigenvalue weighted by molar-refractivity contribution is -0.137. The van der Waals surface area contributed by atoms with E-state index in [-0.39, 0.29) is 29.8 Å². The van der Waals surface area contributed by atoms with E-state index in [1.54, 1.807) is 13.2 Å². The molecule has 1 heterocycles. The average Bonchev–Trinajstić information content (AvgIpc) is 2.22. The van der Waals surface area contributed by atoms with E-state index in [1.165, 1.54) is 10.8 Å². The molecule has 0 fully saturated rings. The maximum absolute atomic E-state index is 11.7. The Morgan fingerprint density at radius 1 is 1.59 bits per heavy atom. The van der Waals surface area contributed by atoms with Crippen LogP contribution in [0.4, 0.5) is 5.82 Å². The Kier molecular flexibility index (Phi) is 4.25. The molecule has 0 aliphatic carbocycles. The first-order chi connectivity index (χ1) is 7.91. The predicted octanol–water partition coefficient (Wildman–Crippen LogP) is 0.691. The fraction of sp³-hybridized carbons (Fsp3) is 0.545. The van der Waals surface area contributed by atoms with Crippen molar-refractivity contribution >= 4 is 11.8 Å². The van der Waals surface area contributed by atoms with Gasteiger partial charge in [-0.15, -0.1) is 0 Å². The molecular formula is C11H17N3O3. The maximum Gasteiger partial charge on any atom is 0.305 e. The fourth-order valence-electron chi connectivity index (χ4n) is 1.41. The van der Waals surface area contributed by atoms with Crippen molar-refractivity contribution in [3.05, 3.63) is 22.7 Å². The fourth-order valence-corrected chi connectivity index (χ4v) is 1.41. The second kappa shape index (κ2) is 5.47. The summed E-state index contributed by atoms with van der Waals surface area (Å²) < 4.78 is 1.40. The van der Waals surface area contributed by atoms with E-state index in [0.717, 1.165) is 0 Å². The minimum Gasteiger partial charge on any atom is -0.481 e. The van der Waals surface area contributed by atoms with Gasteiger partial charge in [-0.3, -0.25) is 9.59 Å². The van der Waals surface area contributed by atoms with Gasteiger partial charge in [-0.05, 0) is 5.92 Å². The Morgan fingerprint density at radius 3 is 2.76 bits per heavy atom. The van der Waals surface area contributed by atoms with Crippen LogP contribution in [0.5, 0.6) is 0 Å². The molecule has 17 heavy (non-hydrogen) atoms. The second-order valence-electron chi connectivity index (χ2n) is 4.28. The monoisotopic (exact) mass is 239 g/mol. The Morgan fingerprint density at radius 2 is 2.24 bits per heavy atom. The molecule has 1 aromatic rings. The molecule has 6 heteroatoms. The van der Waals surface area contributed by atoms with Gasteiger partial charge in [-0.1, -0.05) is 13.8 Å². The number of hydrogen-bond acceptors (Lipinski definition) is 4. The molecule has 0 saturated heterocycles. The van der Waals surface area contributed by atoms with Gasteiger partial charge in [-0.2, -0.15) is 0 Å². The van der Waals surface area contributed by atoms with Crippen molar-refractivity contribution in [3.8, 4) is 0 Å². The van der Waals surface area contributed by atoms with E-state index in [0.29, 0.717) is 0 Å². The zero-order chi connectivity index (χ0) is 13.0. The summed E-state index contributed by atoms with van der Waals surface area (Å²) in [5.74, 6) is -0.614. The highest BCUT2D eigenvalue weighted by Crippen LogP contribution is 2.10. The van der Waals surface area contributed by atoms with Crippen LogP contribution in [0, 0.1) is 5.92 Å². The van der Waals surface area contributed by atoms with E-state index in [1.807, 2.05) is 13.8 Å². The average molecular weight is 239 g/mol. The third-order valence-corrected chi connectivity index (χ3v) is 2.54. The molecule has 0 bridgehead atoms. The van der Waals surface area contributed by atoms with Crippen LogP contribution in [0.1, 0.15) is 20.3 Å². The molecule has 0 radical (unpaired) electrons. The molecule has 0 aliphatic heterocycles. The van der Waals surface area contributed by atoms with Gasteiger partial charge in [0.05, 0.1) is 6.42 Å². The van der Waals surface area contributed by atoms with Crippen molar-refractivity contribution in [2.24, 2.45) is 13.0 Å². The van der Waals surface area contributed by atoms with Crippen molar-refractivity contribution in [1.29, 1.82) is 0 Å². The van der Waals surface area contributed by atoms with Crippen molar-refractivity contribution in [2.45, 2.75) is 26.3 Å². The van der Waals surface area contributed by atoms with Crippen LogP contribution >= 0.6 is 0 Å². The van der Waals surface area contributed by atoms with Gasteiger partial charge in [0.2, 0.25) is 0 Å². The number of rotatable bonds is 5. The molecular weight excluding hydrogens is 222 g/mol. The lowest BCUT2D eigenvalue weighted by Crippen LogP contribution is -2.33. The molecule has 6 nitrogen and oxygen atoms in total. The number of hydrogen-bond donors (Lipinski definition) is 2. The van der Waals surface area contributed by atoms with Crippen LogP contribution in [-0.2, 0) is 11.8 Å². The van der Waals surface area contributed by atoms with E-state index >= 15 is 0 Å². The van der Waals surface area contributed by atoms with Crippen LogP contribution in [-0.4, -0.2) is 26.7 Å². The Bertz CT molecular complexity index is 454. The number of carboxylic acids is 1. The van der Waals surface area contributed by atoms with Crippen molar-refractivity contribution in [2.75, 3.05) is 5.32 Å². The molecule has 0 aliphatic rings. The van der Waals surface area contributed by atoms with Gasteiger partial charge in [-0.25, -0.2) is 4.98 Å². The van der Waals surface area contributed by atoms with Crippen LogP contribution in [0.15, 0.2) is 17.2 Å². The maximum atomic E-state index is 11.7. The molecule has 94 valence electrons. The quantitative estimate of drug-likeness (QED) is 0.789. The van der Waals surface area contributed by atoms with Gasteiger partial charge >= 0.3 is 5.97 Å². The largest absolute Gasteiger partial charge is 0.481 e. The summed E-state index contributed by atoms with van der Waals surface area (Å²) in [6, 6.07) is -0.310. The number of aliphatic carboxylic acids is 1. The third-order valence-electron chi connectivity index (χ3n) is 2.54. The summed E-state index contributed by atoms with van der Waals surface area (Å²) in [5.41, 5.74) is -0.261. The van der Waals surface area contributed by atoms with Gasteiger partial charge in [0.25, 0.3) is 5.56 Å². The number of carbonyl (C=O) groups is 1. The number of anilines is 1. The van der Waals surface area contributed by atoms with Crippen LogP contribution in [0.25, 0.3) is 0 Å².